The third-order valence-electron chi connectivity index (χ3n) is 1.85. The molecule has 0 saturated heterocycles. The number of nitrogens with zero attached hydrogens (tertiary/aromatic N) is 2. The molecule has 0 fully saturated rings. The molecule has 0 bridgehead atoms. The lowest BCUT2D eigenvalue weighted by Gasteiger charge is -1.94. The van der Waals surface area contributed by atoms with Crippen molar-refractivity contribution in [1.29, 1.82) is 0 Å². The van der Waals surface area contributed by atoms with Crippen molar-refractivity contribution in [3.05, 3.63) is 36.4 Å². The van der Waals surface area contributed by atoms with Crippen LogP contribution in [0, 0.1) is 5.82 Å². The summed E-state index contributed by atoms with van der Waals surface area (Å²) in [5, 5.41) is 0. The summed E-state index contributed by atoms with van der Waals surface area (Å²) in [7, 11) is 0. The minimum atomic E-state index is -0.237. The number of hydrogen-bond donors (Lipinski definition) is 0. The Morgan fingerprint density at radius 1 is 1.46 bits per heavy atom. The molecular weight excluding hydrogens is 167 g/mol. The average molecular weight is 176 g/mol. The van der Waals surface area contributed by atoms with Crippen LogP contribution in [-0.2, 0) is 0 Å². The van der Waals surface area contributed by atoms with Crippen LogP contribution in [-0.4, -0.2) is 9.55 Å². The normalized spacial score (nSPS) is 11.5. The largest absolute Gasteiger partial charge is 0.306 e. The van der Waals surface area contributed by atoms with E-state index in [0.717, 1.165) is 11.0 Å². The van der Waals surface area contributed by atoms with Gasteiger partial charge in [0, 0.05) is 12.3 Å². The highest BCUT2D eigenvalue weighted by Gasteiger charge is 2.00. The van der Waals surface area contributed by atoms with Gasteiger partial charge < -0.3 is 4.57 Å². The van der Waals surface area contributed by atoms with E-state index in [9.17, 15) is 4.39 Å². The van der Waals surface area contributed by atoms with Gasteiger partial charge in [0.05, 0.1) is 17.4 Å². The predicted molar refractivity (Wildman–Crippen MR) is 50.7 cm³/mol. The molecule has 3 heteroatoms. The highest BCUT2D eigenvalue weighted by molar-refractivity contribution is 5.77. The van der Waals surface area contributed by atoms with Crippen LogP contribution in [0.1, 0.15) is 6.92 Å². The van der Waals surface area contributed by atoms with Gasteiger partial charge in [0.25, 0.3) is 0 Å². The van der Waals surface area contributed by atoms with Crippen LogP contribution >= 0.6 is 0 Å². The first-order valence-corrected chi connectivity index (χ1v) is 4.06. The summed E-state index contributed by atoms with van der Waals surface area (Å²) >= 11 is 0. The molecule has 0 N–H and O–H groups in total. The molecule has 66 valence electrons. The smallest absolute Gasteiger partial charge is 0.125 e. The Balaban J connectivity index is 2.71. The lowest BCUT2D eigenvalue weighted by Crippen LogP contribution is -1.82. The molecule has 0 unspecified atom stereocenters. The average Bonchev–Trinajstić information content (AvgIpc) is 2.49. The fourth-order valence-electron chi connectivity index (χ4n) is 1.28. The molecule has 1 aromatic heterocycles. The van der Waals surface area contributed by atoms with Gasteiger partial charge in [-0.3, -0.25) is 0 Å². The molecule has 0 aliphatic rings. The minimum Gasteiger partial charge on any atom is -0.306 e. The highest BCUT2D eigenvalue weighted by atomic mass is 19.1. The Morgan fingerprint density at radius 2 is 2.31 bits per heavy atom. The van der Waals surface area contributed by atoms with E-state index in [0.29, 0.717) is 0 Å². The van der Waals surface area contributed by atoms with Crippen molar-refractivity contribution >= 4 is 17.2 Å². The van der Waals surface area contributed by atoms with Crippen molar-refractivity contribution in [3.63, 3.8) is 0 Å². The summed E-state index contributed by atoms with van der Waals surface area (Å²) in [4.78, 5) is 4.12. The number of benzene rings is 1. The third kappa shape index (κ3) is 1.33. The van der Waals surface area contributed by atoms with E-state index in [1.165, 1.54) is 12.1 Å². The van der Waals surface area contributed by atoms with Crippen LogP contribution in [0.4, 0.5) is 4.39 Å². The SMILES string of the molecule is C/C=C/n1cnc2ccc(F)cc21. The molecular formula is C10H9FN2. The number of imidazole rings is 1. The van der Waals surface area contributed by atoms with Gasteiger partial charge in [0.2, 0.25) is 0 Å². The minimum absolute atomic E-state index is 0.237. The van der Waals surface area contributed by atoms with Gasteiger partial charge in [-0.1, -0.05) is 6.08 Å². The van der Waals surface area contributed by atoms with E-state index in [2.05, 4.69) is 4.98 Å². The molecule has 0 aliphatic carbocycles. The van der Waals surface area contributed by atoms with Crippen LogP contribution < -0.4 is 0 Å². The second-order valence-corrected chi connectivity index (χ2v) is 2.77. The van der Waals surface area contributed by atoms with Crippen LogP contribution in [0.3, 0.4) is 0 Å². The van der Waals surface area contributed by atoms with Crippen LogP contribution in [0.5, 0.6) is 0 Å². The Hall–Kier alpha value is -1.64. The fourth-order valence-corrected chi connectivity index (χ4v) is 1.28. The number of hydrogen-bond acceptors (Lipinski definition) is 1. The van der Waals surface area contributed by atoms with Gasteiger partial charge in [0.15, 0.2) is 0 Å². The Bertz CT molecular complexity index is 457. The number of allylic oxidation sites excluding steroid dienone is 1. The highest BCUT2D eigenvalue weighted by Crippen LogP contribution is 2.14. The lowest BCUT2D eigenvalue weighted by molar-refractivity contribution is 0.629. The fraction of sp³-hybridized carbons (Fsp3) is 0.100. The molecule has 0 saturated carbocycles. The van der Waals surface area contributed by atoms with Gasteiger partial charge >= 0.3 is 0 Å². The Morgan fingerprint density at radius 3 is 3.08 bits per heavy atom. The van der Waals surface area contributed by atoms with Crippen molar-refractivity contribution in [2.24, 2.45) is 0 Å². The number of rotatable bonds is 1. The van der Waals surface area contributed by atoms with E-state index in [1.54, 1.807) is 17.0 Å². The Kier molecular flexibility index (Phi) is 1.85. The van der Waals surface area contributed by atoms with Gasteiger partial charge in [-0.05, 0) is 19.1 Å². The molecule has 1 heterocycles. The lowest BCUT2D eigenvalue weighted by atomic mass is 10.3. The van der Waals surface area contributed by atoms with E-state index < -0.39 is 0 Å². The summed E-state index contributed by atoms with van der Waals surface area (Å²) in [6.07, 6.45) is 5.39. The van der Waals surface area contributed by atoms with Crippen molar-refractivity contribution in [2.45, 2.75) is 6.92 Å². The summed E-state index contributed by atoms with van der Waals surface area (Å²) in [6, 6.07) is 4.56. The molecule has 2 nitrogen and oxygen atoms in total. The molecule has 1 aromatic carbocycles. The maximum absolute atomic E-state index is 12.9. The third-order valence-corrected chi connectivity index (χ3v) is 1.85. The standard InChI is InChI=1S/C10H9FN2/c1-2-5-13-7-12-9-4-3-8(11)6-10(9)13/h2-7H,1H3/b5-2+. The first kappa shape index (κ1) is 7.98. The molecule has 0 atom stereocenters. The van der Waals surface area contributed by atoms with Crippen LogP contribution in [0.25, 0.3) is 17.2 Å². The predicted octanol–water partition coefficient (Wildman–Crippen LogP) is 2.67. The maximum Gasteiger partial charge on any atom is 0.125 e. The van der Waals surface area contributed by atoms with E-state index in [4.69, 9.17) is 0 Å². The zero-order valence-electron chi connectivity index (χ0n) is 7.24. The van der Waals surface area contributed by atoms with Crippen molar-refractivity contribution in [3.8, 4) is 0 Å². The number of halogens is 1. The first-order valence-electron chi connectivity index (χ1n) is 4.06. The van der Waals surface area contributed by atoms with Crippen LogP contribution in [0.15, 0.2) is 30.6 Å². The van der Waals surface area contributed by atoms with E-state index in [1.807, 2.05) is 19.2 Å². The zero-order chi connectivity index (χ0) is 9.26. The van der Waals surface area contributed by atoms with Gasteiger partial charge in [0.1, 0.15) is 5.82 Å². The zero-order valence-corrected chi connectivity index (χ0v) is 7.24. The van der Waals surface area contributed by atoms with Crippen molar-refractivity contribution in [2.75, 3.05) is 0 Å². The van der Waals surface area contributed by atoms with Crippen molar-refractivity contribution in [1.82, 2.24) is 9.55 Å². The first-order chi connectivity index (χ1) is 6.31. The molecule has 0 spiro atoms. The monoisotopic (exact) mass is 176 g/mol. The second-order valence-electron chi connectivity index (χ2n) is 2.77. The van der Waals surface area contributed by atoms with Crippen molar-refractivity contribution < 1.29 is 4.39 Å². The van der Waals surface area contributed by atoms with Gasteiger partial charge in [-0.2, -0.15) is 0 Å². The summed E-state index contributed by atoms with van der Waals surface area (Å²) in [5.41, 5.74) is 1.60. The van der Waals surface area contributed by atoms with E-state index in [-0.39, 0.29) is 5.82 Å². The topological polar surface area (TPSA) is 17.8 Å². The Labute approximate surface area is 75.3 Å². The molecule has 13 heavy (non-hydrogen) atoms. The second kappa shape index (κ2) is 3.01. The summed E-state index contributed by atoms with van der Waals surface area (Å²) in [6.45, 7) is 1.91. The molecule has 0 amide bonds. The van der Waals surface area contributed by atoms with E-state index >= 15 is 0 Å². The van der Waals surface area contributed by atoms with Crippen LogP contribution in [0.2, 0.25) is 0 Å². The van der Waals surface area contributed by atoms with Gasteiger partial charge in [-0.15, -0.1) is 0 Å². The number of aromatic nitrogens is 2. The molecule has 2 rings (SSSR count). The van der Waals surface area contributed by atoms with Gasteiger partial charge in [-0.25, -0.2) is 9.37 Å². The maximum atomic E-state index is 12.9. The molecule has 0 radical (unpaired) electrons. The summed E-state index contributed by atoms with van der Waals surface area (Å²) < 4.78 is 14.7. The molecule has 2 aromatic rings. The quantitative estimate of drug-likeness (QED) is 0.653. The summed E-state index contributed by atoms with van der Waals surface area (Å²) in [5.74, 6) is -0.237. The number of fused-ring (bicyclic) bond motifs is 1. The molecule has 0 aliphatic heterocycles.